The molecular formula is C7H13N3O2S. The number of hydrogen-bond acceptors (Lipinski definition) is 6. The smallest absolute Gasteiger partial charge is 0.245 e. The van der Waals surface area contributed by atoms with Gasteiger partial charge in [-0.3, -0.25) is 0 Å². The molecule has 6 heteroatoms. The van der Waals surface area contributed by atoms with Crippen LogP contribution in [0.15, 0.2) is 4.52 Å². The Balaban J connectivity index is 2.53. The van der Waals surface area contributed by atoms with Gasteiger partial charge < -0.3 is 15.4 Å². The van der Waals surface area contributed by atoms with Gasteiger partial charge in [-0.25, -0.2) is 0 Å². The lowest BCUT2D eigenvalue weighted by Gasteiger charge is -1.98. The Hall–Kier alpha value is -0.590. The zero-order valence-electron chi connectivity index (χ0n) is 7.43. The van der Waals surface area contributed by atoms with Crippen molar-refractivity contribution in [1.82, 2.24) is 10.1 Å². The number of aromatic nitrogens is 2. The predicted molar refractivity (Wildman–Crippen MR) is 50.1 cm³/mol. The summed E-state index contributed by atoms with van der Waals surface area (Å²) in [4.78, 5) is 4.03. The molecule has 0 saturated heterocycles. The molecule has 5 nitrogen and oxygen atoms in total. The standard InChI is InChI=1S/C7H13N3O2S/c1-2-13-4-6-9-7(12-10-6)5(8)3-11/h5,11H,2-4,8H2,1H3. The topological polar surface area (TPSA) is 85.2 Å². The third kappa shape index (κ3) is 2.98. The minimum atomic E-state index is -0.562. The van der Waals surface area contributed by atoms with Gasteiger partial charge in [0.05, 0.1) is 12.4 Å². The van der Waals surface area contributed by atoms with Crippen LogP contribution in [0.2, 0.25) is 0 Å². The van der Waals surface area contributed by atoms with E-state index in [-0.39, 0.29) is 6.61 Å². The fourth-order valence-corrected chi connectivity index (χ4v) is 1.25. The third-order valence-electron chi connectivity index (χ3n) is 1.43. The van der Waals surface area contributed by atoms with Crippen LogP contribution in [-0.2, 0) is 5.75 Å². The fourth-order valence-electron chi connectivity index (χ4n) is 0.748. The average Bonchev–Trinajstić information content (AvgIpc) is 2.62. The molecule has 0 spiro atoms. The first-order valence-electron chi connectivity index (χ1n) is 4.04. The van der Waals surface area contributed by atoms with E-state index in [1.165, 1.54) is 0 Å². The lowest BCUT2D eigenvalue weighted by molar-refractivity contribution is 0.236. The van der Waals surface area contributed by atoms with E-state index >= 15 is 0 Å². The first-order chi connectivity index (χ1) is 6.27. The van der Waals surface area contributed by atoms with Crippen LogP contribution in [0, 0.1) is 0 Å². The molecule has 0 aromatic carbocycles. The number of hydrogen-bond donors (Lipinski definition) is 2. The van der Waals surface area contributed by atoms with Gasteiger partial charge in [0.25, 0.3) is 0 Å². The molecule has 1 atom stereocenters. The summed E-state index contributed by atoms with van der Waals surface area (Å²) in [7, 11) is 0. The molecule has 0 aliphatic rings. The molecule has 1 heterocycles. The Bertz CT molecular complexity index is 254. The lowest BCUT2D eigenvalue weighted by atomic mass is 10.3. The number of aliphatic hydroxyl groups excluding tert-OH is 1. The van der Waals surface area contributed by atoms with Crippen LogP contribution in [0.3, 0.4) is 0 Å². The van der Waals surface area contributed by atoms with Gasteiger partial charge in [-0.05, 0) is 5.75 Å². The van der Waals surface area contributed by atoms with Crippen molar-refractivity contribution in [2.75, 3.05) is 12.4 Å². The molecule has 0 saturated carbocycles. The van der Waals surface area contributed by atoms with E-state index in [0.29, 0.717) is 11.7 Å². The summed E-state index contributed by atoms with van der Waals surface area (Å²) in [5.74, 6) is 2.66. The van der Waals surface area contributed by atoms with Gasteiger partial charge in [-0.15, -0.1) is 0 Å². The van der Waals surface area contributed by atoms with E-state index in [4.69, 9.17) is 15.4 Å². The second kappa shape index (κ2) is 5.21. The molecule has 74 valence electrons. The summed E-state index contributed by atoms with van der Waals surface area (Å²) in [5.41, 5.74) is 5.48. The summed E-state index contributed by atoms with van der Waals surface area (Å²) in [5, 5.41) is 12.4. The zero-order chi connectivity index (χ0) is 9.68. The number of nitrogens with zero attached hydrogens (tertiary/aromatic N) is 2. The van der Waals surface area contributed by atoms with Crippen molar-refractivity contribution < 1.29 is 9.63 Å². The summed E-state index contributed by atoms with van der Waals surface area (Å²) < 4.78 is 4.85. The molecule has 0 fully saturated rings. The van der Waals surface area contributed by atoms with Gasteiger partial charge in [0.15, 0.2) is 5.82 Å². The van der Waals surface area contributed by atoms with Crippen molar-refractivity contribution in [3.05, 3.63) is 11.7 Å². The molecule has 1 rings (SSSR count). The van der Waals surface area contributed by atoms with Gasteiger partial charge in [-0.1, -0.05) is 12.1 Å². The van der Waals surface area contributed by atoms with Gasteiger partial charge in [-0.2, -0.15) is 16.7 Å². The third-order valence-corrected chi connectivity index (χ3v) is 2.30. The van der Waals surface area contributed by atoms with E-state index in [2.05, 4.69) is 17.1 Å². The lowest BCUT2D eigenvalue weighted by Crippen LogP contribution is -2.14. The maximum absolute atomic E-state index is 8.72. The highest BCUT2D eigenvalue weighted by Crippen LogP contribution is 2.11. The summed E-state index contributed by atoms with van der Waals surface area (Å²) in [6.45, 7) is 1.88. The second-order valence-electron chi connectivity index (χ2n) is 2.48. The average molecular weight is 203 g/mol. The largest absolute Gasteiger partial charge is 0.394 e. The molecule has 0 radical (unpaired) electrons. The van der Waals surface area contributed by atoms with Crippen LogP contribution in [0.1, 0.15) is 24.7 Å². The van der Waals surface area contributed by atoms with Gasteiger partial charge in [0.1, 0.15) is 6.04 Å². The van der Waals surface area contributed by atoms with Gasteiger partial charge in [0, 0.05) is 0 Å². The quantitative estimate of drug-likeness (QED) is 0.716. The highest BCUT2D eigenvalue weighted by atomic mass is 32.2. The Morgan fingerprint density at radius 1 is 1.69 bits per heavy atom. The predicted octanol–water partition coefficient (Wildman–Crippen LogP) is 0.315. The Kier molecular flexibility index (Phi) is 4.20. The molecule has 0 bridgehead atoms. The van der Waals surface area contributed by atoms with Crippen molar-refractivity contribution in [1.29, 1.82) is 0 Å². The van der Waals surface area contributed by atoms with Crippen molar-refractivity contribution >= 4 is 11.8 Å². The van der Waals surface area contributed by atoms with Gasteiger partial charge >= 0.3 is 0 Å². The maximum Gasteiger partial charge on any atom is 0.245 e. The van der Waals surface area contributed by atoms with Crippen LogP contribution in [0.5, 0.6) is 0 Å². The normalized spacial score (nSPS) is 13.2. The molecule has 0 aliphatic carbocycles. The van der Waals surface area contributed by atoms with Crippen LogP contribution < -0.4 is 5.73 Å². The monoisotopic (exact) mass is 203 g/mol. The number of nitrogens with two attached hydrogens (primary N) is 1. The zero-order valence-corrected chi connectivity index (χ0v) is 8.25. The number of rotatable bonds is 5. The van der Waals surface area contributed by atoms with Crippen LogP contribution in [-0.4, -0.2) is 27.6 Å². The molecule has 1 unspecified atom stereocenters. The highest BCUT2D eigenvalue weighted by molar-refractivity contribution is 7.98. The first kappa shape index (κ1) is 10.5. The van der Waals surface area contributed by atoms with E-state index in [0.717, 1.165) is 11.5 Å². The Labute approximate surface area is 80.7 Å². The van der Waals surface area contributed by atoms with Crippen molar-refractivity contribution in [3.8, 4) is 0 Å². The Morgan fingerprint density at radius 2 is 2.46 bits per heavy atom. The molecule has 0 aliphatic heterocycles. The SMILES string of the molecule is CCSCc1noc(C(N)CO)n1. The summed E-state index contributed by atoms with van der Waals surface area (Å²) in [6.07, 6.45) is 0. The molecule has 1 aromatic rings. The summed E-state index contributed by atoms with van der Waals surface area (Å²) in [6, 6.07) is -0.562. The first-order valence-corrected chi connectivity index (χ1v) is 5.20. The molecule has 1 aromatic heterocycles. The van der Waals surface area contributed by atoms with Crippen molar-refractivity contribution in [2.45, 2.75) is 18.7 Å². The van der Waals surface area contributed by atoms with Crippen molar-refractivity contribution in [2.24, 2.45) is 5.73 Å². The fraction of sp³-hybridized carbons (Fsp3) is 0.714. The molecule has 0 amide bonds. The van der Waals surface area contributed by atoms with Crippen LogP contribution in [0.25, 0.3) is 0 Å². The van der Waals surface area contributed by atoms with E-state index in [1.807, 2.05) is 0 Å². The number of aliphatic hydroxyl groups is 1. The van der Waals surface area contributed by atoms with Crippen LogP contribution >= 0.6 is 11.8 Å². The highest BCUT2D eigenvalue weighted by Gasteiger charge is 2.12. The second-order valence-corrected chi connectivity index (χ2v) is 3.75. The minimum absolute atomic E-state index is 0.178. The minimum Gasteiger partial charge on any atom is -0.394 e. The molecular weight excluding hydrogens is 190 g/mol. The van der Waals surface area contributed by atoms with E-state index in [9.17, 15) is 0 Å². The van der Waals surface area contributed by atoms with Crippen molar-refractivity contribution in [3.63, 3.8) is 0 Å². The van der Waals surface area contributed by atoms with Crippen LogP contribution in [0.4, 0.5) is 0 Å². The number of thioether (sulfide) groups is 1. The maximum atomic E-state index is 8.72. The summed E-state index contributed by atoms with van der Waals surface area (Å²) >= 11 is 1.71. The van der Waals surface area contributed by atoms with E-state index < -0.39 is 6.04 Å². The Morgan fingerprint density at radius 3 is 3.08 bits per heavy atom. The van der Waals surface area contributed by atoms with E-state index in [1.54, 1.807) is 11.8 Å². The molecule has 3 N–H and O–H groups in total. The molecule has 13 heavy (non-hydrogen) atoms. The van der Waals surface area contributed by atoms with Gasteiger partial charge in [0.2, 0.25) is 5.89 Å².